The van der Waals surface area contributed by atoms with Crippen molar-refractivity contribution in [3.05, 3.63) is 30.4 Å². The van der Waals surface area contributed by atoms with Crippen molar-refractivity contribution in [1.82, 2.24) is 0 Å². The molecule has 6 heteroatoms. The van der Waals surface area contributed by atoms with Crippen LogP contribution in [-0.2, 0) is 14.3 Å². The summed E-state index contributed by atoms with van der Waals surface area (Å²) in [5.74, 6) is 1.92. The molecule has 152 valence electrons. The first-order valence-corrected chi connectivity index (χ1v) is 9.31. The average molecular weight is 380 g/mol. The van der Waals surface area contributed by atoms with Gasteiger partial charge in [-0.1, -0.05) is 19.9 Å². The van der Waals surface area contributed by atoms with Crippen molar-refractivity contribution in [3.63, 3.8) is 0 Å². The van der Waals surface area contributed by atoms with Gasteiger partial charge in [0.2, 0.25) is 0 Å². The summed E-state index contributed by atoms with van der Waals surface area (Å²) in [7, 11) is 3.27. The van der Waals surface area contributed by atoms with Gasteiger partial charge in [0.1, 0.15) is 11.9 Å². The van der Waals surface area contributed by atoms with Crippen LogP contribution in [-0.4, -0.2) is 46.1 Å². The Bertz CT molecular complexity index is 582. The maximum Gasteiger partial charge on any atom is 0.330 e. The van der Waals surface area contributed by atoms with Crippen LogP contribution in [0.2, 0.25) is 0 Å². The summed E-state index contributed by atoms with van der Waals surface area (Å²) in [6, 6.07) is 5.51. The van der Waals surface area contributed by atoms with E-state index in [4.69, 9.17) is 23.7 Å². The Labute approximate surface area is 162 Å². The molecule has 0 heterocycles. The van der Waals surface area contributed by atoms with Crippen molar-refractivity contribution in [1.29, 1.82) is 0 Å². The van der Waals surface area contributed by atoms with E-state index in [9.17, 15) is 4.79 Å². The number of rotatable bonds is 13. The molecule has 0 aliphatic carbocycles. The molecule has 0 N–H and O–H groups in total. The Morgan fingerprint density at radius 1 is 1.15 bits per heavy atom. The normalized spacial score (nSPS) is 12.2. The van der Waals surface area contributed by atoms with Gasteiger partial charge in [0.15, 0.2) is 11.5 Å². The molecule has 0 saturated heterocycles. The van der Waals surface area contributed by atoms with E-state index in [0.29, 0.717) is 43.5 Å². The summed E-state index contributed by atoms with van der Waals surface area (Å²) < 4.78 is 27.2. The quantitative estimate of drug-likeness (QED) is 0.293. The lowest BCUT2D eigenvalue weighted by Gasteiger charge is -2.22. The summed E-state index contributed by atoms with van der Waals surface area (Å²) in [6.45, 7) is 7.48. The second-order valence-corrected chi connectivity index (χ2v) is 6.30. The average Bonchev–Trinajstić information content (AvgIpc) is 2.64. The molecule has 1 atom stereocenters. The number of hydrogen-bond acceptors (Lipinski definition) is 6. The molecule has 0 saturated carbocycles. The molecule has 0 bridgehead atoms. The van der Waals surface area contributed by atoms with Crippen LogP contribution in [0.3, 0.4) is 0 Å². The zero-order valence-electron chi connectivity index (χ0n) is 17.0. The predicted molar refractivity (Wildman–Crippen MR) is 105 cm³/mol. The minimum Gasteiger partial charge on any atom is -0.493 e. The van der Waals surface area contributed by atoms with Gasteiger partial charge < -0.3 is 23.7 Å². The maximum absolute atomic E-state index is 11.4. The topological polar surface area (TPSA) is 63.2 Å². The summed E-state index contributed by atoms with van der Waals surface area (Å²) >= 11 is 0. The highest BCUT2D eigenvalue weighted by molar-refractivity contribution is 5.81. The van der Waals surface area contributed by atoms with Crippen molar-refractivity contribution in [2.24, 2.45) is 5.92 Å². The minimum atomic E-state index is -0.337. The number of carbonyl (C=O) groups is 1. The first-order chi connectivity index (χ1) is 13.0. The SMILES string of the molecule is CCOC(=O)C=CCC(Oc1ccc(OC)c(OCCCOC)c1)C(C)C. The van der Waals surface area contributed by atoms with Crippen LogP contribution < -0.4 is 14.2 Å². The van der Waals surface area contributed by atoms with E-state index in [2.05, 4.69) is 13.8 Å². The van der Waals surface area contributed by atoms with Gasteiger partial charge >= 0.3 is 5.97 Å². The lowest BCUT2D eigenvalue weighted by molar-refractivity contribution is -0.137. The van der Waals surface area contributed by atoms with Crippen molar-refractivity contribution in [3.8, 4) is 17.2 Å². The fourth-order valence-electron chi connectivity index (χ4n) is 2.35. The molecule has 1 unspecified atom stereocenters. The van der Waals surface area contributed by atoms with Gasteiger partial charge in [0, 0.05) is 38.7 Å². The van der Waals surface area contributed by atoms with Crippen LogP contribution in [0.4, 0.5) is 0 Å². The van der Waals surface area contributed by atoms with E-state index in [0.717, 1.165) is 6.42 Å². The first kappa shape index (κ1) is 22.8. The van der Waals surface area contributed by atoms with Gasteiger partial charge in [-0.25, -0.2) is 4.79 Å². The maximum atomic E-state index is 11.4. The van der Waals surface area contributed by atoms with Crippen LogP contribution in [0.5, 0.6) is 17.2 Å². The zero-order valence-corrected chi connectivity index (χ0v) is 17.0. The fraction of sp³-hybridized carbons (Fsp3) is 0.571. The molecule has 0 aromatic heterocycles. The molecule has 1 aromatic rings. The molecule has 1 aromatic carbocycles. The number of hydrogen-bond donors (Lipinski definition) is 0. The van der Waals surface area contributed by atoms with E-state index in [-0.39, 0.29) is 18.0 Å². The Balaban J connectivity index is 2.75. The molecule has 0 amide bonds. The Kier molecular flexibility index (Phi) is 11.0. The highest BCUT2D eigenvalue weighted by atomic mass is 16.5. The van der Waals surface area contributed by atoms with Gasteiger partial charge in [-0.2, -0.15) is 0 Å². The summed E-state index contributed by atoms with van der Waals surface area (Å²) in [5, 5.41) is 0. The summed E-state index contributed by atoms with van der Waals surface area (Å²) in [6.07, 6.45) is 4.55. The monoisotopic (exact) mass is 380 g/mol. The van der Waals surface area contributed by atoms with Gasteiger partial charge in [0.25, 0.3) is 0 Å². The Morgan fingerprint density at radius 2 is 1.93 bits per heavy atom. The number of methoxy groups -OCH3 is 2. The standard InChI is InChI=1S/C21H32O6/c1-6-25-21(22)10-7-9-18(16(2)3)27-17-11-12-19(24-5)20(15-17)26-14-8-13-23-4/h7,10-12,15-16,18H,6,8-9,13-14H2,1-5H3. The third kappa shape index (κ3) is 8.82. The molecule has 27 heavy (non-hydrogen) atoms. The van der Waals surface area contributed by atoms with E-state index in [1.165, 1.54) is 6.08 Å². The van der Waals surface area contributed by atoms with E-state index < -0.39 is 0 Å². The minimum absolute atomic E-state index is 0.0783. The zero-order chi connectivity index (χ0) is 20.1. The third-order valence-corrected chi connectivity index (χ3v) is 3.83. The smallest absolute Gasteiger partial charge is 0.330 e. The summed E-state index contributed by atoms with van der Waals surface area (Å²) in [5.41, 5.74) is 0. The second kappa shape index (κ2) is 13.0. The van der Waals surface area contributed by atoms with Gasteiger partial charge in [-0.05, 0) is 25.0 Å². The molecule has 0 radical (unpaired) electrons. The third-order valence-electron chi connectivity index (χ3n) is 3.83. The largest absolute Gasteiger partial charge is 0.493 e. The summed E-state index contributed by atoms with van der Waals surface area (Å²) in [4.78, 5) is 11.4. The van der Waals surface area contributed by atoms with Crippen molar-refractivity contribution in [2.45, 2.75) is 39.7 Å². The molecule has 0 spiro atoms. The lowest BCUT2D eigenvalue weighted by Crippen LogP contribution is -2.22. The van der Waals surface area contributed by atoms with E-state index >= 15 is 0 Å². The number of benzene rings is 1. The van der Waals surface area contributed by atoms with Crippen molar-refractivity contribution < 1.29 is 28.5 Å². The van der Waals surface area contributed by atoms with Crippen LogP contribution in [0.15, 0.2) is 30.4 Å². The highest BCUT2D eigenvalue weighted by Gasteiger charge is 2.16. The van der Waals surface area contributed by atoms with Crippen LogP contribution in [0.1, 0.15) is 33.6 Å². The van der Waals surface area contributed by atoms with Crippen LogP contribution in [0.25, 0.3) is 0 Å². The van der Waals surface area contributed by atoms with Gasteiger partial charge in [-0.3, -0.25) is 0 Å². The fourth-order valence-corrected chi connectivity index (χ4v) is 2.35. The molecule has 0 fully saturated rings. The molecule has 6 nitrogen and oxygen atoms in total. The predicted octanol–water partition coefficient (Wildman–Crippen LogP) is 4.02. The second-order valence-electron chi connectivity index (χ2n) is 6.30. The van der Waals surface area contributed by atoms with Crippen LogP contribution >= 0.6 is 0 Å². The van der Waals surface area contributed by atoms with Crippen molar-refractivity contribution in [2.75, 3.05) is 34.0 Å². The lowest BCUT2D eigenvalue weighted by atomic mass is 10.0. The van der Waals surface area contributed by atoms with E-state index in [1.807, 2.05) is 18.2 Å². The van der Waals surface area contributed by atoms with Crippen molar-refractivity contribution >= 4 is 5.97 Å². The van der Waals surface area contributed by atoms with Gasteiger partial charge in [0.05, 0.1) is 20.3 Å². The molecular formula is C21H32O6. The Hall–Kier alpha value is -2.21. The molecule has 1 rings (SSSR count). The molecule has 0 aliphatic rings. The van der Waals surface area contributed by atoms with Gasteiger partial charge in [-0.15, -0.1) is 0 Å². The Morgan fingerprint density at radius 3 is 2.56 bits per heavy atom. The molecule has 0 aliphatic heterocycles. The highest BCUT2D eigenvalue weighted by Crippen LogP contribution is 2.32. The number of carbonyl (C=O) groups excluding carboxylic acids is 1. The van der Waals surface area contributed by atoms with E-state index in [1.54, 1.807) is 27.2 Å². The first-order valence-electron chi connectivity index (χ1n) is 9.31. The van der Waals surface area contributed by atoms with Crippen LogP contribution in [0, 0.1) is 5.92 Å². The molecular weight excluding hydrogens is 348 g/mol. The number of esters is 1. The number of ether oxygens (including phenoxy) is 5.